The molecule has 0 fully saturated rings. The van der Waals surface area contributed by atoms with Crippen LogP contribution in [0.3, 0.4) is 0 Å². The number of ether oxygens (including phenoxy) is 1. The quantitative estimate of drug-likeness (QED) is 0.286. The van der Waals surface area contributed by atoms with Crippen LogP contribution in [-0.4, -0.2) is 59.9 Å². The van der Waals surface area contributed by atoms with Gasteiger partial charge in [-0.15, -0.1) is 0 Å². The van der Waals surface area contributed by atoms with Crippen molar-refractivity contribution in [2.75, 3.05) is 33.4 Å². The van der Waals surface area contributed by atoms with Gasteiger partial charge in [-0.3, -0.25) is 9.69 Å². The van der Waals surface area contributed by atoms with Crippen molar-refractivity contribution in [1.82, 2.24) is 14.8 Å². The van der Waals surface area contributed by atoms with Crippen molar-refractivity contribution in [3.05, 3.63) is 83.4 Å². The molecule has 0 radical (unpaired) electrons. The van der Waals surface area contributed by atoms with Gasteiger partial charge in [0.2, 0.25) is 5.91 Å². The smallest absolute Gasteiger partial charge is 0.237 e. The first-order chi connectivity index (χ1) is 17.1. The number of fused-ring (bicyclic) bond motifs is 3. The number of aliphatic hydroxyl groups excluding tert-OH is 1. The molecule has 3 aromatic carbocycles. The summed E-state index contributed by atoms with van der Waals surface area (Å²) in [5.41, 5.74) is 3.27. The third kappa shape index (κ3) is 6.03. The summed E-state index contributed by atoms with van der Waals surface area (Å²) in [5.74, 6) is -0.133. The topological polar surface area (TPSA) is 66.7 Å². The zero-order valence-electron chi connectivity index (χ0n) is 20.0. The number of rotatable bonds is 12. The molecular weight excluding hydrogens is 462 g/mol. The standard InChI is InChI=1S/C28H32ClN3O3/c1-31(27(14-17-33)28(34)30-20-21-8-2-5-11-24(21)29)15-18-35-19-16-32-25-12-6-3-9-22(25)23-10-4-7-13-26(23)32/h2-13,27,33H,14-20H2,1H3,(H,30,34). The number of carbonyl (C=O) groups excluding carboxylic acids is 1. The third-order valence-electron chi connectivity index (χ3n) is 6.38. The first-order valence-electron chi connectivity index (χ1n) is 12.0. The third-order valence-corrected chi connectivity index (χ3v) is 6.74. The summed E-state index contributed by atoms with van der Waals surface area (Å²) in [6, 6.07) is 23.9. The Morgan fingerprint density at radius 2 is 1.63 bits per heavy atom. The summed E-state index contributed by atoms with van der Waals surface area (Å²) < 4.78 is 8.25. The summed E-state index contributed by atoms with van der Waals surface area (Å²) in [4.78, 5) is 14.7. The van der Waals surface area contributed by atoms with E-state index < -0.39 is 6.04 Å². The number of aliphatic hydroxyl groups is 1. The summed E-state index contributed by atoms with van der Waals surface area (Å²) in [5, 5.41) is 15.5. The number of benzene rings is 3. The summed E-state index contributed by atoms with van der Waals surface area (Å²) in [6.07, 6.45) is 0.353. The number of carbonyl (C=O) groups is 1. The van der Waals surface area contributed by atoms with Crippen molar-refractivity contribution < 1.29 is 14.6 Å². The molecular formula is C28H32ClN3O3. The lowest BCUT2D eigenvalue weighted by Gasteiger charge is -2.26. The minimum Gasteiger partial charge on any atom is -0.396 e. The Morgan fingerprint density at radius 1 is 1.00 bits per heavy atom. The van der Waals surface area contributed by atoms with Gasteiger partial charge in [-0.2, -0.15) is 0 Å². The van der Waals surface area contributed by atoms with E-state index in [-0.39, 0.29) is 12.5 Å². The summed E-state index contributed by atoms with van der Waals surface area (Å²) in [6.45, 7) is 2.67. The van der Waals surface area contributed by atoms with Gasteiger partial charge in [0.05, 0.1) is 19.3 Å². The van der Waals surface area contributed by atoms with Crippen molar-refractivity contribution in [1.29, 1.82) is 0 Å². The molecule has 4 aromatic rings. The van der Waals surface area contributed by atoms with E-state index in [2.05, 4.69) is 58.4 Å². The highest BCUT2D eigenvalue weighted by Crippen LogP contribution is 2.28. The summed E-state index contributed by atoms with van der Waals surface area (Å²) in [7, 11) is 1.88. The first-order valence-corrected chi connectivity index (χ1v) is 12.3. The molecule has 35 heavy (non-hydrogen) atoms. The highest BCUT2D eigenvalue weighted by molar-refractivity contribution is 6.31. The molecule has 184 valence electrons. The van der Waals surface area contributed by atoms with E-state index in [0.29, 0.717) is 37.7 Å². The van der Waals surface area contributed by atoms with Crippen LogP contribution in [0.5, 0.6) is 0 Å². The highest BCUT2D eigenvalue weighted by Gasteiger charge is 2.22. The predicted molar refractivity (Wildman–Crippen MR) is 142 cm³/mol. The minimum atomic E-state index is -0.441. The van der Waals surface area contributed by atoms with Gasteiger partial charge in [0, 0.05) is 53.1 Å². The van der Waals surface area contributed by atoms with Gasteiger partial charge in [0.25, 0.3) is 0 Å². The molecule has 1 aromatic heterocycles. The van der Waals surface area contributed by atoms with Gasteiger partial charge in [-0.1, -0.05) is 66.2 Å². The van der Waals surface area contributed by atoms with Crippen molar-refractivity contribution in [3.63, 3.8) is 0 Å². The van der Waals surface area contributed by atoms with E-state index in [0.717, 1.165) is 12.1 Å². The normalized spacial score (nSPS) is 12.5. The maximum absolute atomic E-state index is 12.8. The molecule has 6 nitrogen and oxygen atoms in total. The molecule has 0 bridgehead atoms. The monoisotopic (exact) mass is 493 g/mol. The Balaban J connectivity index is 1.28. The molecule has 0 saturated carbocycles. The lowest BCUT2D eigenvalue weighted by atomic mass is 10.1. The number of aromatic nitrogens is 1. The molecule has 0 aliphatic carbocycles. The molecule has 7 heteroatoms. The lowest BCUT2D eigenvalue weighted by molar-refractivity contribution is -0.127. The SMILES string of the molecule is CN(CCOCCn1c2ccccc2c2ccccc21)C(CCO)C(=O)NCc1ccccc1Cl. The van der Waals surface area contributed by atoms with Crippen LogP contribution in [0.1, 0.15) is 12.0 Å². The maximum Gasteiger partial charge on any atom is 0.237 e. The summed E-state index contributed by atoms with van der Waals surface area (Å²) >= 11 is 6.19. The predicted octanol–water partition coefficient (Wildman–Crippen LogP) is 4.46. The molecule has 0 aliphatic rings. The van der Waals surface area contributed by atoms with Crippen LogP contribution in [-0.2, 0) is 22.6 Å². The fourth-order valence-corrected chi connectivity index (χ4v) is 4.68. The van der Waals surface area contributed by atoms with Crippen molar-refractivity contribution in [2.24, 2.45) is 0 Å². The maximum atomic E-state index is 12.8. The molecule has 1 heterocycles. The second-order valence-corrected chi connectivity index (χ2v) is 9.02. The molecule has 1 amide bonds. The van der Waals surface area contributed by atoms with Crippen molar-refractivity contribution in [2.45, 2.75) is 25.6 Å². The zero-order chi connectivity index (χ0) is 24.6. The van der Waals surface area contributed by atoms with E-state index in [1.807, 2.05) is 30.1 Å². The van der Waals surface area contributed by atoms with E-state index in [1.165, 1.54) is 21.8 Å². The van der Waals surface area contributed by atoms with Crippen LogP contribution >= 0.6 is 11.6 Å². The van der Waals surface area contributed by atoms with Gasteiger partial charge in [-0.25, -0.2) is 0 Å². The van der Waals surface area contributed by atoms with Crippen LogP contribution in [0.15, 0.2) is 72.8 Å². The Hall–Kier alpha value is -2.90. The van der Waals surface area contributed by atoms with Crippen LogP contribution in [0, 0.1) is 0 Å². The number of hydrogen-bond acceptors (Lipinski definition) is 4. The first kappa shape index (κ1) is 25.2. The number of amides is 1. The van der Waals surface area contributed by atoms with Gasteiger partial charge in [0.15, 0.2) is 0 Å². The van der Waals surface area contributed by atoms with Gasteiger partial charge in [0.1, 0.15) is 0 Å². The number of nitrogens with one attached hydrogen (secondary N) is 1. The van der Waals surface area contributed by atoms with Gasteiger partial charge >= 0.3 is 0 Å². The molecule has 4 rings (SSSR count). The van der Waals surface area contributed by atoms with Crippen LogP contribution < -0.4 is 5.32 Å². The average Bonchev–Trinajstić information content (AvgIpc) is 3.20. The Kier molecular flexibility index (Phi) is 8.77. The van der Waals surface area contributed by atoms with E-state index in [9.17, 15) is 9.90 Å². The number of halogens is 1. The second kappa shape index (κ2) is 12.2. The van der Waals surface area contributed by atoms with E-state index in [4.69, 9.17) is 16.3 Å². The van der Waals surface area contributed by atoms with E-state index >= 15 is 0 Å². The average molecular weight is 494 g/mol. The van der Waals surface area contributed by atoms with Crippen LogP contribution in [0.4, 0.5) is 0 Å². The molecule has 0 spiro atoms. The molecule has 0 saturated heterocycles. The van der Waals surface area contributed by atoms with Crippen molar-refractivity contribution in [3.8, 4) is 0 Å². The number of para-hydroxylation sites is 2. The van der Waals surface area contributed by atoms with E-state index in [1.54, 1.807) is 6.07 Å². The number of likely N-dealkylation sites (N-methyl/N-ethyl adjacent to an activating group) is 1. The molecule has 1 unspecified atom stereocenters. The highest BCUT2D eigenvalue weighted by atomic mass is 35.5. The van der Waals surface area contributed by atoms with Crippen molar-refractivity contribution >= 4 is 39.3 Å². The minimum absolute atomic E-state index is 0.0663. The molecule has 0 aliphatic heterocycles. The fourth-order valence-electron chi connectivity index (χ4n) is 4.48. The lowest BCUT2D eigenvalue weighted by Crippen LogP contribution is -2.46. The van der Waals surface area contributed by atoms with Crippen LogP contribution in [0.25, 0.3) is 21.8 Å². The number of hydrogen-bond donors (Lipinski definition) is 2. The van der Waals surface area contributed by atoms with Gasteiger partial charge in [-0.05, 0) is 37.2 Å². The molecule has 1 atom stereocenters. The zero-order valence-corrected chi connectivity index (χ0v) is 20.7. The fraction of sp³-hybridized carbons (Fsp3) is 0.321. The Bertz CT molecular complexity index is 1220. The Labute approximate surface area is 211 Å². The second-order valence-electron chi connectivity index (χ2n) is 8.62. The Morgan fingerprint density at radius 3 is 2.29 bits per heavy atom. The van der Waals surface area contributed by atoms with Gasteiger partial charge < -0.3 is 19.7 Å². The molecule has 2 N–H and O–H groups in total. The number of nitrogens with zero attached hydrogens (tertiary/aromatic N) is 2. The largest absolute Gasteiger partial charge is 0.396 e. The van der Waals surface area contributed by atoms with Crippen LogP contribution in [0.2, 0.25) is 5.02 Å².